The number of hydrogen-bond donors (Lipinski definition) is 1. The number of hydrogen-bond acceptors (Lipinski definition) is 3. The monoisotopic (exact) mass is 428 g/mol. The van der Waals surface area contributed by atoms with Gasteiger partial charge in [0.2, 0.25) is 10.0 Å². The number of amides is 1. The first-order valence-electron chi connectivity index (χ1n) is 10.8. The fraction of sp³-hybridized carbons (Fsp3) is 0.458. The van der Waals surface area contributed by atoms with Crippen molar-refractivity contribution in [2.45, 2.75) is 57.4 Å². The SMILES string of the molecule is Cc1ccc(S(=O)(=O)N2CCCCC2)cc1C(=O)NC(CC(C)C)c1ccccc1. The molecule has 1 fully saturated rings. The Morgan fingerprint density at radius 3 is 2.33 bits per heavy atom. The summed E-state index contributed by atoms with van der Waals surface area (Å²) in [7, 11) is -3.58. The van der Waals surface area contributed by atoms with E-state index in [0.29, 0.717) is 24.6 Å². The lowest BCUT2D eigenvalue weighted by Crippen LogP contribution is -2.36. The first-order chi connectivity index (χ1) is 14.3. The standard InChI is InChI=1S/C24H32N2O3S/c1-18(2)16-23(20-10-6-4-7-11-20)25-24(27)22-17-21(13-12-19(22)3)30(28,29)26-14-8-5-9-15-26/h4,6-7,10-13,17-18,23H,5,8-9,14-16H2,1-3H3,(H,25,27). The Balaban J connectivity index is 1.87. The summed E-state index contributed by atoms with van der Waals surface area (Å²) in [5, 5.41) is 3.13. The van der Waals surface area contributed by atoms with E-state index in [9.17, 15) is 13.2 Å². The van der Waals surface area contributed by atoms with Gasteiger partial charge in [0.15, 0.2) is 0 Å². The molecule has 0 spiro atoms. The first kappa shape index (κ1) is 22.5. The molecule has 0 radical (unpaired) electrons. The minimum atomic E-state index is -3.58. The van der Waals surface area contributed by atoms with Crippen LogP contribution in [0.25, 0.3) is 0 Å². The van der Waals surface area contributed by atoms with E-state index in [1.807, 2.05) is 37.3 Å². The zero-order valence-electron chi connectivity index (χ0n) is 18.1. The van der Waals surface area contributed by atoms with Crippen LogP contribution in [0.5, 0.6) is 0 Å². The maximum atomic E-state index is 13.2. The van der Waals surface area contributed by atoms with E-state index in [1.165, 1.54) is 10.4 Å². The maximum Gasteiger partial charge on any atom is 0.252 e. The molecule has 2 aromatic carbocycles. The molecule has 0 aliphatic carbocycles. The quantitative estimate of drug-likeness (QED) is 0.696. The molecule has 1 amide bonds. The number of nitrogens with one attached hydrogen (secondary N) is 1. The molecule has 1 aliphatic rings. The van der Waals surface area contributed by atoms with Gasteiger partial charge < -0.3 is 5.32 Å². The summed E-state index contributed by atoms with van der Waals surface area (Å²) in [5.74, 6) is 0.167. The molecule has 162 valence electrons. The second-order valence-electron chi connectivity index (χ2n) is 8.51. The van der Waals surface area contributed by atoms with E-state index in [-0.39, 0.29) is 16.8 Å². The number of carbonyl (C=O) groups excluding carboxylic acids is 1. The number of piperidine rings is 1. The first-order valence-corrected chi connectivity index (χ1v) is 12.2. The molecule has 0 aromatic heterocycles. The highest BCUT2D eigenvalue weighted by Gasteiger charge is 2.27. The molecule has 1 aliphatic heterocycles. The van der Waals surface area contributed by atoms with Crippen LogP contribution in [0.3, 0.4) is 0 Å². The van der Waals surface area contributed by atoms with Crippen LogP contribution >= 0.6 is 0 Å². The average molecular weight is 429 g/mol. The summed E-state index contributed by atoms with van der Waals surface area (Å²) in [6.45, 7) is 7.18. The van der Waals surface area contributed by atoms with Gasteiger partial charge in [0.05, 0.1) is 10.9 Å². The molecule has 1 N–H and O–H groups in total. The lowest BCUT2D eigenvalue weighted by atomic mass is 9.96. The van der Waals surface area contributed by atoms with Crippen LogP contribution < -0.4 is 5.32 Å². The van der Waals surface area contributed by atoms with Gasteiger partial charge in [-0.15, -0.1) is 0 Å². The molecule has 5 nitrogen and oxygen atoms in total. The van der Waals surface area contributed by atoms with Crippen LogP contribution in [0.2, 0.25) is 0 Å². The number of sulfonamides is 1. The smallest absolute Gasteiger partial charge is 0.252 e. The van der Waals surface area contributed by atoms with E-state index in [1.54, 1.807) is 12.1 Å². The van der Waals surface area contributed by atoms with E-state index < -0.39 is 10.0 Å². The molecular formula is C24H32N2O3S. The second kappa shape index (κ2) is 9.75. The van der Waals surface area contributed by atoms with Crippen molar-refractivity contribution in [3.63, 3.8) is 0 Å². The number of rotatable bonds is 7. The van der Waals surface area contributed by atoms with Crippen molar-refractivity contribution in [3.05, 3.63) is 65.2 Å². The van der Waals surface area contributed by atoms with E-state index in [0.717, 1.165) is 36.8 Å². The largest absolute Gasteiger partial charge is 0.345 e. The van der Waals surface area contributed by atoms with Crippen LogP contribution in [-0.4, -0.2) is 31.7 Å². The molecule has 1 atom stereocenters. The lowest BCUT2D eigenvalue weighted by molar-refractivity contribution is 0.0931. The molecule has 2 aromatic rings. The summed E-state index contributed by atoms with van der Waals surface area (Å²) in [6.07, 6.45) is 3.63. The van der Waals surface area contributed by atoms with Gasteiger partial charge in [0.1, 0.15) is 0 Å². The van der Waals surface area contributed by atoms with Crippen LogP contribution in [0.4, 0.5) is 0 Å². The molecular weight excluding hydrogens is 396 g/mol. The second-order valence-corrected chi connectivity index (χ2v) is 10.4. The average Bonchev–Trinajstić information content (AvgIpc) is 2.74. The van der Waals surface area contributed by atoms with Crippen molar-refractivity contribution in [2.75, 3.05) is 13.1 Å². The minimum Gasteiger partial charge on any atom is -0.345 e. The van der Waals surface area contributed by atoms with Crippen molar-refractivity contribution in [1.29, 1.82) is 0 Å². The van der Waals surface area contributed by atoms with Gasteiger partial charge in [0.25, 0.3) is 5.91 Å². The fourth-order valence-corrected chi connectivity index (χ4v) is 5.48. The number of carbonyl (C=O) groups is 1. The van der Waals surface area contributed by atoms with E-state index >= 15 is 0 Å². The zero-order valence-corrected chi connectivity index (χ0v) is 18.9. The number of aryl methyl sites for hydroxylation is 1. The van der Waals surface area contributed by atoms with Gasteiger partial charge >= 0.3 is 0 Å². The maximum absolute atomic E-state index is 13.2. The topological polar surface area (TPSA) is 66.5 Å². The highest BCUT2D eigenvalue weighted by molar-refractivity contribution is 7.89. The third-order valence-corrected chi connectivity index (χ3v) is 7.52. The third kappa shape index (κ3) is 5.29. The van der Waals surface area contributed by atoms with Gasteiger partial charge in [-0.25, -0.2) is 8.42 Å². The van der Waals surface area contributed by atoms with Crippen molar-refractivity contribution in [2.24, 2.45) is 5.92 Å². The predicted molar refractivity (Wildman–Crippen MR) is 120 cm³/mol. The molecule has 1 heterocycles. The molecule has 1 saturated heterocycles. The Hall–Kier alpha value is -2.18. The Morgan fingerprint density at radius 2 is 1.70 bits per heavy atom. The molecule has 1 unspecified atom stereocenters. The fourth-order valence-electron chi connectivity index (χ4n) is 3.93. The Morgan fingerprint density at radius 1 is 1.03 bits per heavy atom. The normalized spacial score (nSPS) is 16.4. The van der Waals surface area contributed by atoms with Gasteiger partial charge in [-0.1, -0.05) is 56.7 Å². The van der Waals surface area contributed by atoms with Crippen LogP contribution in [0, 0.1) is 12.8 Å². The minimum absolute atomic E-state index is 0.125. The van der Waals surface area contributed by atoms with Crippen molar-refractivity contribution in [1.82, 2.24) is 9.62 Å². The summed E-state index contributed by atoms with van der Waals surface area (Å²) >= 11 is 0. The summed E-state index contributed by atoms with van der Waals surface area (Å²) < 4.78 is 27.6. The lowest BCUT2D eigenvalue weighted by Gasteiger charge is -2.26. The molecule has 6 heteroatoms. The number of benzene rings is 2. The van der Waals surface area contributed by atoms with Crippen molar-refractivity contribution in [3.8, 4) is 0 Å². The van der Waals surface area contributed by atoms with Crippen LogP contribution in [0.15, 0.2) is 53.4 Å². The van der Waals surface area contributed by atoms with Crippen molar-refractivity contribution >= 4 is 15.9 Å². The summed E-state index contributed by atoms with van der Waals surface area (Å²) in [4.78, 5) is 13.4. The summed E-state index contributed by atoms with van der Waals surface area (Å²) in [6, 6.07) is 14.7. The van der Waals surface area contributed by atoms with Gasteiger partial charge in [-0.2, -0.15) is 4.31 Å². The zero-order chi connectivity index (χ0) is 21.7. The molecule has 3 rings (SSSR count). The molecule has 0 saturated carbocycles. The highest BCUT2D eigenvalue weighted by atomic mass is 32.2. The molecule has 0 bridgehead atoms. The Kier molecular flexibility index (Phi) is 7.32. The van der Waals surface area contributed by atoms with Crippen LogP contribution in [0.1, 0.15) is 67.1 Å². The third-order valence-electron chi connectivity index (χ3n) is 5.62. The Labute approximate surface area is 180 Å². The van der Waals surface area contributed by atoms with E-state index in [2.05, 4.69) is 19.2 Å². The number of nitrogens with zero attached hydrogens (tertiary/aromatic N) is 1. The van der Waals surface area contributed by atoms with Gasteiger partial charge in [-0.05, 0) is 55.4 Å². The van der Waals surface area contributed by atoms with Gasteiger partial charge in [-0.3, -0.25) is 4.79 Å². The summed E-state index contributed by atoms with van der Waals surface area (Å²) in [5.41, 5.74) is 2.23. The van der Waals surface area contributed by atoms with E-state index in [4.69, 9.17) is 0 Å². The van der Waals surface area contributed by atoms with Gasteiger partial charge in [0, 0.05) is 18.7 Å². The predicted octanol–water partition coefficient (Wildman–Crippen LogP) is 4.69. The molecule has 30 heavy (non-hydrogen) atoms. The van der Waals surface area contributed by atoms with Crippen molar-refractivity contribution < 1.29 is 13.2 Å². The Bertz CT molecular complexity index is 965. The highest BCUT2D eigenvalue weighted by Crippen LogP contribution is 2.25. The van der Waals surface area contributed by atoms with Crippen LogP contribution in [-0.2, 0) is 10.0 Å².